The molecule has 0 aromatic carbocycles. The van der Waals surface area contributed by atoms with E-state index < -0.39 is 5.97 Å². The number of nitrogens with zero attached hydrogens (tertiary/aromatic N) is 2. The van der Waals surface area contributed by atoms with Crippen LogP contribution in [0.5, 0.6) is 0 Å². The van der Waals surface area contributed by atoms with Gasteiger partial charge in [-0.25, -0.2) is 4.79 Å². The summed E-state index contributed by atoms with van der Waals surface area (Å²) in [6.07, 6.45) is 3.09. The zero-order valence-corrected chi connectivity index (χ0v) is 11.1. The van der Waals surface area contributed by atoms with Crippen LogP contribution in [0.2, 0.25) is 0 Å². The van der Waals surface area contributed by atoms with Gasteiger partial charge in [-0.3, -0.25) is 4.79 Å². The van der Waals surface area contributed by atoms with E-state index in [1.165, 1.54) is 0 Å². The number of urea groups is 1. The molecule has 1 aliphatic heterocycles. The van der Waals surface area contributed by atoms with E-state index >= 15 is 0 Å². The molecular weight excluding hydrogens is 232 g/mol. The Kier molecular flexibility index (Phi) is 5.19. The smallest absolute Gasteiger partial charge is 0.319 e. The second-order valence-electron chi connectivity index (χ2n) is 4.94. The minimum Gasteiger partial charge on any atom is -0.481 e. The zero-order chi connectivity index (χ0) is 13.7. The van der Waals surface area contributed by atoms with Crippen molar-refractivity contribution in [2.24, 2.45) is 11.8 Å². The van der Waals surface area contributed by atoms with Crippen molar-refractivity contribution >= 4 is 12.0 Å². The highest BCUT2D eigenvalue weighted by Crippen LogP contribution is 2.24. The number of aliphatic carboxylic acids is 1. The van der Waals surface area contributed by atoms with Crippen LogP contribution in [-0.2, 0) is 4.79 Å². The van der Waals surface area contributed by atoms with Gasteiger partial charge in [0.05, 0.1) is 5.92 Å². The topological polar surface area (TPSA) is 60.9 Å². The summed E-state index contributed by atoms with van der Waals surface area (Å²) in [4.78, 5) is 26.5. The lowest BCUT2D eigenvalue weighted by Gasteiger charge is -2.37. The molecule has 2 amide bonds. The molecule has 0 radical (unpaired) electrons. The van der Waals surface area contributed by atoms with Crippen LogP contribution in [0.4, 0.5) is 4.79 Å². The minimum atomic E-state index is -0.755. The van der Waals surface area contributed by atoms with Crippen molar-refractivity contribution < 1.29 is 14.7 Å². The number of carbonyl (C=O) groups is 2. The summed E-state index contributed by atoms with van der Waals surface area (Å²) in [5.74, 6) is -1.07. The standard InChI is InChI=1S/C13H22N2O3/c1-4-5-7-14(3)13(18)15-8-6-11(12(16)17)10(2)9-15/h4,10-11H,1,5-9H2,2-3H3,(H,16,17). The molecule has 5 heteroatoms. The summed E-state index contributed by atoms with van der Waals surface area (Å²) in [7, 11) is 1.76. The van der Waals surface area contributed by atoms with Gasteiger partial charge in [0.2, 0.25) is 0 Å². The molecule has 0 bridgehead atoms. The van der Waals surface area contributed by atoms with Crippen LogP contribution in [0.1, 0.15) is 19.8 Å². The SMILES string of the molecule is C=CCCN(C)C(=O)N1CCC(C(=O)O)C(C)C1. The van der Waals surface area contributed by atoms with Crippen molar-refractivity contribution in [3.8, 4) is 0 Å². The third-order valence-corrected chi connectivity index (χ3v) is 3.49. The van der Waals surface area contributed by atoms with Gasteiger partial charge >= 0.3 is 12.0 Å². The van der Waals surface area contributed by atoms with Gasteiger partial charge in [0.15, 0.2) is 0 Å². The van der Waals surface area contributed by atoms with Crippen LogP contribution in [0.3, 0.4) is 0 Å². The molecule has 0 aromatic heterocycles. The molecule has 2 unspecified atom stereocenters. The van der Waals surface area contributed by atoms with Crippen molar-refractivity contribution in [3.05, 3.63) is 12.7 Å². The van der Waals surface area contributed by atoms with Crippen molar-refractivity contribution in [2.45, 2.75) is 19.8 Å². The average Bonchev–Trinajstić information content (AvgIpc) is 2.34. The Hall–Kier alpha value is -1.52. The van der Waals surface area contributed by atoms with Crippen LogP contribution in [0.25, 0.3) is 0 Å². The Morgan fingerprint density at radius 2 is 2.22 bits per heavy atom. The van der Waals surface area contributed by atoms with E-state index in [1.54, 1.807) is 22.9 Å². The maximum atomic E-state index is 12.1. The quantitative estimate of drug-likeness (QED) is 0.776. The van der Waals surface area contributed by atoms with E-state index in [2.05, 4.69) is 6.58 Å². The third-order valence-electron chi connectivity index (χ3n) is 3.49. The number of likely N-dealkylation sites (tertiary alicyclic amines) is 1. The second kappa shape index (κ2) is 6.42. The molecular formula is C13H22N2O3. The Labute approximate surface area is 108 Å². The van der Waals surface area contributed by atoms with E-state index in [4.69, 9.17) is 5.11 Å². The van der Waals surface area contributed by atoms with E-state index in [-0.39, 0.29) is 17.9 Å². The summed E-state index contributed by atoms with van der Waals surface area (Å²) in [5.41, 5.74) is 0. The molecule has 0 spiro atoms. The first kappa shape index (κ1) is 14.5. The van der Waals surface area contributed by atoms with Crippen LogP contribution >= 0.6 is 0 Å². The first-order valence-corrected chi connectivity index (χ1v) is 6.31. The summed E-state index contributed by atoms with van der Waals surface area (Å²) in [5, 5.41) is 9.03. The van der Waals surface area contributed by atoms with E-state index in [9.17, 15) is 9.59 Å². The molecule has 1 saturated heterocycles. The highest BCUT2D eigenvalue weighted by atomic mass is 16.4. The van der Waals surface area contributed by atoms with Gasteiger partial charge in [0.25, 0.3) is 0 Å². The van der Waals surface area contributed by atoms with Crippen LogP contribution in [-0.4, -0.2) is 53.6 Å². The molecule has 1 N–H and O–H groups in total. The number of piperidine rings is 1. The van der Waals surface area contributed by atoms with Crippen LogP contribution in [0.15, 0.2) is 12.7 Å². The van der Waals surface area contributed by atoms with Gasteiger partial charge in [-0.1, -0.05) is 13.0 Å². The molecule has 1 fully saturated rings. The Bertz CT molecular complexity index is 330. The second-order valence-corrected chi connectivity index (χ2v) is 4.94. The number of hydrogen-bond donors (Lipinski definition) is 1. The summed E-state index contributed by atoms with van der Waals surface area (Å²) >= 11 is 0. The molecule has 102 valence electrons. The van der Waals surface area contributed by atoms with E-state index in [1.807, 2.05) is 6.92 Å². The molecule has 0 aromatic rings. The highest BCUT2D eigenvalue weighted by Gasteiger charge is 2.33. The van der Waals surface area contributed by atoms with Gasteiger partial charge in [-0.15, -0.1) is 6.58 Å². The molecule has 0 aliphatic carbocycles. The van der Waals surface area contributed by atoms with Crippen molar-refractivity contribution in [1.29, 1.82) is 0 Å². The van der Waals surface area contributed by atoms with Gasteiger partial charge in [-0.2, -0.15) is 0 Å². The number of hydrogen-bond acceptors (Lipinski definition) is 2. The fourth-order valence-corrected chi connectivity index (χ4v) is 2.31. The Morgan fingerprint density at radius 1 is 1.56 bits per heavy atom. The molecule has 2 atom stereocenters. The number of carboxylic acids is 1. The van der Waals surface area contributed by atoms with E-state index in [0.717, 1.165) is 6.42 Å². The van der Waals surface area contributed by atoms with E-state index in [0.29, 0.717) is 26.1 Å². The van der Waals surface area contributed by atoms with Gasteiger partial charge in [0.1, 0.15) is 0 Å². The maximum Gasteiger partial charge on any atom is 0.319 e. The fourth-order valence-electron chi connectivity index (χ4n) is 2.31. The van der Waals surface area contributed by atoms with Gasteiger partial charge < -0.3 is 14.9 Å². The predicted molar refractivity (Wildman–Crippen MR) is 69.3 cm³/mol. The third kappa shape index (κ3) is 3.48. The maximum absolute atomic E-state index is 12.1. The van der Waals surface area contributed by atoms with Crippen molar-refractivity contribution in [1.82, 2.24) is 9.80 Å². The Balaban J connectivity index is 2.52. The Morgan fingerprint density at radius 3 is 2.72 bits per heavy atom. The number of amides is 2. The lowest BCUT2D eigenvalue weighted by molar-refractivity contribution is -0.145. The van der Waals surface area contributed by atoms with Gasteiger partial charge in [0, 0.05) is 26.7 Å². The molecule has 1 heterocycles. The average molecular weight is 254 g/mol. The summed E-state index contributed by atoms with van der Waals surface area (Å²) in [6.45, 7) is 7.22. The molecule has 1 rings (SSSR count). The number of carbonyl (C=O) groups excluding carboxylic acids is 1. The monoisotopic (exact) mass is 254 g/mol. The lowest BCUT2D eigenvalue weighted by atomic mass is 9.87. The van der Waals surface area contributed by atoms with Crippen molar-refractivity contribution in [2.75, 3.05) is 26.7 Å². The lowest BCUT2D eigenvalue weighted by Crippen LogP contribution is -2.49. The zero-order valence-electron chi connectivity index (χ0n) is 11.1. The number of rotatable bonds is 4. The van der Waals surface area contributed by atoms with Crippen LogP contribution in [0, 0.1) is 11.8 Å². The molecule has 5 nitrogen and oxygen atoms in total. The minimum absolute atomic E-state index is 0.00741. The molecule has 0 saturated carbocycles. The molecule has 1 aliphatic rings. The normalized spacial score (nSPS) is 23.6. The first-order chi connectivity index (χ1) is 8.47. The van der Waals surface area contributed by atoms with Crippen molar-refractivity contribution in [3.63, 3.8) is 0 Å². The predicted octanol–water partition coefficient (Wildman–Crippen LogP) is 1.66. The fraction of sp³-hybridized carbons (Fsp3) is 0.692. The highest BCUT2D eigenvalue weighted by molar-refractivity contribution is 5.75. The summed E-state index contributed by atoms with van der Waals surface area (Å²) in [6, 6.07) is -0.0208. The number of carboxylic acid groups (broad SMARTS) is 1. The van der Waals surface area contributed by atoms with Gasteiger partial charge in [-0.05, 0) is 18.8 Å². The van der Waals surface area contributed by atoms with Crippen LogP contribution < -0.4 is 0 Å². The largest absolute Gasteiger partial charge is 0.481 e. The first-order valence-electron chi connectivity index (χ1n) is 6.31. The summed E-state index contributed by atoms with van der Waals surface area (Å²) < 4.78 is 0. The molecule has 18 heavy (non-hydrogen) atoms.